The van der Waals surface area contributed by atoms with Gasteiger partial charge in [-0.2, -0.15) is 8.78 Å². The molecule has 9 heteroatoms. The van der Waals surface area contributed by atoms with Crippen molar-refractivity contribution >= 4 is 23.4 Å². The van der Waals surface area contributed by atoms with E-state index < -0.39 is 6.61 Å². The number of anilines is 1. The van der Waals surface area contributed by atoms with Crippen molar-refractivity contribution in [1.82, 2.24) is 14.8 Å². The van der Waals surface area contributed by atoms with E-state index in [2.05, 4.69) is 26.8 Å². The second kappa shape index (κ2) is 9.83. The molecular formula is C20H18F2N4O2S. The number of carbonyl (C=O) groups excluding carboxylic acids is 1. The molecule has 0 radical (unpaired) electrons. The maximum atomic E-state index is 12.2. The van der Waals surface area contributed by atoms with Gasteiger partial charge >= 0.3 is 6.61 Å². The minimum Gasteiger partial charge on any atom is -0.435 e. The van der Waals surface area contributed by atoms with Gasteiger partial charge in [0.1, 0.15) is 5.75 Å². The Morgan fingerprint density at radius 1 is 1.17 bits per heavy atom. The number of ether oxygens (including phenoxy) is 1. The highest BCUT2D eigenvalue weighted by Crippen LogP contribution is 2.24. The maximum Gasteiger partial charge on any atom is 0.387 e. The number of amides is 1. The molecule has 0 bridgehead atoms. The number of aromatic nitrogens is 3. The molecule has 0 aliphatic heterocycles. The third-order valence-electron chi connectivity index (χ3n) is 3.76. The summed E-state index contributed by atoms with van der Waals surface area (Å²) in [5.41, 5.74) is 1.40. The number of hydrogen-bond acceptors (Lipinski definition) is 5. The number of benzene rings is 2. The molecule has 0 saturated heterocycles. The molecule has 1 N–H and O–H groups in total. The van der Waals surface area contributed by atoms with Crippen molar-refractivity contribution in [2.24, 2.45) is 0 Å². The van der Waals surface area contributed by atoms with E-state index in [1.54, 1.807) is 6.08 Å². The molecule has 0 fully saturated rings. The molecule has 0 unspecified atom stereocenters. The number of thioether (sulfide) groups is 1. The quantitative estimate of drug-likeness (QED) is 0.412. The van der Waals surface area contributed by atoms with Gasteiger partial charge in [0.05, 0.1) is 5.75 Å². The van der Waals surface area contributed by atoms with Gasteiger partial charge in [-0.05, 0) is 24.3 Å². The molecule has 29 heavy (non-hydrogen) atoms. The van der Waals surface area contributed by atoms with E-state index in [9.17, 15) is 13.6 Å². The number of allylic oxidation sites excluding steroid dienone is 1. The largest absolute Gasteiger partial charge is 0.435 e. The Morgan fingerprint density at radius 3 is 2.55 bits per heavy atom. The van der Waals surface area contributed by atoms with Crippen LogP contribution in [0.15, 0.2) is 72.4 Å². The molecule has 3 rings (SSSR count). The van der Waals surface area contributed by atoms with E-state index in [1.807, 2.05) is 34.9 Å². The Balaban J connectivity index is 1.63. The van der Waals surface area contributed by atoms with Crippen LogP contribution in [-0.4, -0.2) is 33.0 Å². The van der Waals surface area contributed by atoms with Gasteiger partial charge < -0.3 is 10.1 Å². The lowest BCUT2D eigenvalue weighted by molar-refractivity contribution is -0.113. The van der Waals surface area contributed by atoms with Crippen LogP contribution >= 0.6 is 11.8 Å². The summed E-state index contributed by atoms with van der Waals surface area (Å²) in [6.45, 7) is 1.38. The van der Waals surface area contributed by atoms with Crippen LogP contribution in [0.1, 0.15) is 0 Å². The molecule has 2 aromatic carbocycles. The second-order valence-corrected chi connectivity index (χ2v) is 6.75. The smallest absolute Gasteiger partial charge is 0.387 e. The first-order valence-corrected chi connectivity index (χ1v) is 9.62. The van der Waals surface area contributed by atoms with Gasteiger partial charge in [-0.25, -0.2) is 0 Å². The van der Waals surface area contributed by atoms with Crippen LogP contribution in [0.4, 0.5) is 14.5 Å². The summed E-state index contributed by atoms with van der Waals surface area (Å²) < 4.78 is 30.5. The van der Waals surface area contributed by atoms with Crippen LogP contribution in [0.5, 0.6) is 5.75 Å². The van der Waals surface area contributed by atoms with Gasteiger partial charge in [-0.15, -0.1) is 16.8 Å². The van der Waals surface area contributed by atoms with Crippen LogP contribution in [0.2, 0.25) is 0 Å². The van der Waals surface area contributed by atoms with Crippen molar-refractivity contribution in [3.05, 3.63) is 67.3 Å². The molecule has 1 amide bonds. The number of carbonyl (C=O) groups is 1. The first-order valence-electron chi connectivity index (χ1n) is 8.64. The SMILES string of the molecule is C=CCn1c(SCC(=O)Nc2ccc(OC(F)F)cc2)nnc1-c1ccccc1. The normalized spacial score (nSPS) is 10.7. The van der Waals surface area contributed by atoms with E-state index in [0.717, 1.165) is 5.56 Å². The molecule has 0 aliphatic carbocycles. The van der Waals surface area contributed by atoms with Crippen molar-refractivity contribution in [1.29, 1.82) is 0 Å². The summed E-state index contributed by atoms with van der Waals surface area (Å²) in [6.07, 6.45) is 1.74. The Hall–Kier alpha value is -3.20. The Morgan fingerprint density at radius 2 is 1.90 bits per heavy atom. The summed E-state index contributed by atoms with van der Waals surface area (Å²) >= 11 is 1.25. The van der Waals surface area contributed by atoms with Crippen molar-refractivity contribution in [3.63, 3.8) is 0 Å². The maximum absolute atomic E-state index is 12.2. The van der Waals surface area contributed by atoms with Gasteiger partial charge in [0, 0.05) is 17.8 Å². The monoisotopic (exact) mass is 416 g/mol. The fraction of sp³-hybridized carbons (Fsp3) is 0.150. The summed E-state index contributed by atoms with van der Waals surface area (Å²) in [4.78, 5) is 12.2. The number of nitrogens with zero attached hydrogens (tertiary/aromatic N) is 3. The Kier molecular flexibility index (Phi) is 6.96. The van der Waals surface area contributed by atoms with E-state index in [-0.39, 0.29) is 17.4 Å². The molecule has 6 nitrogen and oxygen atoms in total. The zero-order valence-electron chi connectivity index (χ0n) is 15.3. The first-order chi connectivity index (χ1) is 14.1. The standard InChI is InChI=1S/C20H18F2N4O2S/c1-2-12-26-18(14-6-4-3-5-7-14)24-25-20(26)29-13-17(27)23-15-8-10-16(11-9-15)28-19(21)22/h2-11,19H,1,12-13H2,(H,23,27). The van der Waals surface area contributed by atoms with Gasteiger partial charge in [0.25, 0.3) is 0 Å². The van der Waals surface area contributed by atoms with Crippen LogP contribution in [0, 0.1) is 0 Å². The highest BCUT2D eigenvalue weighted by Gasteiger charge is 2.15. The number of hydrogen-bond donors (Lipinski definition) is 1. The molecule has 1 aromatic heterocycles. The molecular weight excluding hydrogens is 398 g/mol. The first kappa shape index (κ1) is 20.5. The van der Waals surface area contributed by atoms with Gasteiger partial charge in [0.15, 0.2) is 11.0 Å². The van der Waals surface area contributed by atoms with Crippen molar-refractivity contribution in [3.8, 4) is 17.1 Å². The van der Waals surface area contributed by atoms with Crippen LogP contribution in [-0.2, 0) is 11.3 Å². The zero-order chi connectivity index (χ0) is 20.6. The fourth-order valence-electron chi connectivity index (χ4n) is 2.54. The highest BCUT2D eigenvalue weighted by atomic mass is 32.2. The Labute approximate surface area is 170 Å². The lowest BCUT2D eigenvalue weighted by atomic mass is 10.2. The Bertz CT molecular complexity index is 962. The summed E-state index contributed by atoms with van der Waals surface area (Å²) in [7, 11) is 0. The molecule has 0 aliphatic rings. The van der Waals surface area contributed by atoms with Gasteiger partial charge in [0.2, 0.25) is 5.91 Å². The summed E-state index contributed by atoms with van der Waals surface area (Å²) in [6, 6.07) is 15.3. The molecule has 0 saturated carbocycles. The third-order valence-corrected chi connectivity index (χ3v) is 4.72. The van der Waals surface area contributed by atoms with Crippen molar-refractivity contribution in [2.75, 3.05) is 11.1 Å². The lowest BCUT2D eigenvalue weighted by Crippen LogP contribution is -2.14. The van der Waals surface area contributed by atoms with E-state index in [1.165, 1.54) is 36.0 Å². The van der Waals surface area contributed by atoms with E-state index in [0.29, 0.717) is 23.2 Å². The van der Waals surface area contributed by atoms with Crippen LogP contribution < -0.4 is 10.1 Å². The number of halogens is 2. The van der Waals surface area contributed by atoms with Crippen molar-refractivity contribution in [2.45, 2.75) is 18.3 Å². The minimum absolute atomic E-state index is 0.0262. The predicted octanol–water partition coefficient (Wildman–Crippen LogP) is 4.46. The van der Waals surface area contributed by atoms with E-state index >= 15 is 0 Å². The minimum atomic E-state index is -2.89. The molecule has 150 valence electrons. The van der Waals surface area contributed by atoms with Gasteiger partial charge in [-0.1, -0.05) is 48.2 Å². The fourth-order valence-corrected chi connectivity index (χ4v) is 3.28. The van der Waals surface area contributed by atoms with Crippen LogP contribution in [0.25, 0.3) is 11.4 Å². The molecule has 0 atom stereocenters. The summed E-state index contributed by atoms with van der Waals surface area (Å²) in [5.74, 6) is 0.576. The number of nitrogens with one attached hydrogen (secondary N) is 1. The number of rotatable bonds is 9. The highest BCUT2D eigenvalue weighted by molar-refractivity contribution is 7.99. The van der Waals surface area contributed by atoms with Crippen molar-refractivity contribution < 1.29 is 18.3 Å². The topological polar surface area (TPSA) is 69.0 Å². The van der Waals surface area contributed by atoms with E-state index in [4.69, 9.17) is 0 Å². The summed E-state index contributed by atoms with van der Waals surface area (Å²) in [5, 5.41) is 11.7. The average Bonchev–Trinajstić information content (AvgIpc) is 3.11. The molecule has 0 spiro atoms. The predicted molar refractivity (Wildman–Crippen MR) is 108 cm³/mol. The number of alkyl halides is 2. The zero-order valence-corrected chi connectivity index (χ0v) is 16.1. The van der Waals surface area contributed by atoms with Gasteiger partial charge in [-0.3, -0.25) is 9.36 Å². The average molecular weight is 416 g/mol. The third kappa shape index (κ3) is 5.64. The lowest BCUT2D eigenvalue weighted by Gasteiger charge is -2.09. The molecule has 1 heterocycles. The second-order valence-electron chi connectivity index (χ2n) is 5.81. The van der Waals surface area contributed by atoms with Crippen LogP contribution in [0.3, 0.4) is 0 Å². The molecule has 3 aromatic rings.